The van der Waals surface area contributed by atoms with Crippen LogP contribution in [0.25, 0.3) is 0 Å². The minimum absolute atomic E-state index is 0.0367. The predicted octanol–water partition coefficient (Wildman–Crippen LogP) is 6.76. The Kier molecular flexibility index (Phi) is 10.3. The number of fused-ring (bicyclic) bond motifs is 4. The fraction of sp³-hybridized carbons (Fsp3) is 0.857. The zero-order chi connectivity index (χ0) is 23.1. The molecule has 0 radical (unpaired) electrons. The maximum Gasteiger partial charge on any atom is 0.154 e. The van der Waals surface area contributed by atoms with Crippen molar-refractivity contribution in [2.45, 2.75) is 92.6 Å². The minimum atomic E-state index is -0.0433. The van der Waals surface area contributed by atoms with Gasteiger partial charge in [-0.3, -0.25) is 0 Å². The Labute approximate surface area is 197 Å². The molecule has 0 aromatic rings. The van der Waals surface area contributed by atoms with Crippen molar-refractivity contribution in [1.29, 1.82) is 0 Å². The van der Waals surface area contributed by atoms with E-state index in [0.29, 0.717) is 0 Å². The van der Waals surface area contributed by atoms with Crippen LogP contribution in [0.2, 0.25) is 0 Å². The molecule has 8 atom stereocenters. The molecule has 0 aliphatic heterocycles. The normalized spacial score (nSPS) is 37.2. The van der Waals surface area contributed by atoms with Crippen LogP contribution in [0.15, 0.2) is 23.3 Å². The van der Waals surface area contributed by atoms with Crippen LogP contribution in [0, 0.1) is 35.5 Å². The fourth-order valence-corrected chi connectivity index (χ4v) is 6.74. The molecule has 184 valence electrons. The highest BCUT2D eigenvalue weighted by atomic mass is 16.7. The lowest BCUT2D eigenvalue weighted by molar-refractivity contribution is -0.137. The molecule has 0 amide bonds. The van der Waals surface area contributed by atoms with E-state index in [9.17, 15) is 0 Å². The van der Waals surface area contributed by atoms with E-state index < -0.39 is 0 Å². The number of hydrogen-bond acceptors (Lipinski definition) is 4. The van der Waals surface area contributed by atoms with Gasteiger partial charge in [0.1, 0.15) is 0 Å². The molecule has 4 heteroatoms. The van der Waals surface area contributed by atoms with Gasteiger partial charge < -0.3 is 18.9 Å². The smallest absolute Gasteiger partial charge is 0.154 e. The van der Waals surface area contributed by atoms with Crippen molar-refractivity contribution in [1.82, 2.24) is 0 Å². The first kappa shape index (κ1) is 25.9. The number of rotatable bonds is 10. The lowest BCUT2D eigenvalue weighted by atomic mass is 9.85. The lowest BCUT2D eigenvalue weighted by Gasteiger charge is -2.25. The molecule has 4 bridgehead atoms. The Morgan fingerprint density at radius 2 is 1.38 bits per heavy atom. The molecule has 4 aliphatic rings. The molecule has 0 spiro atoms. The highest BCUT2D eigenvalue weighted by molar-refractivity contribution is 5.18. The first-order chi connectivity index (χ1) is 15.5. The molecule has 8 unspecified atom stereocenters. The first-order valence-electron chi connectivity index (χ1n) is 13.2. The summed E-state index contributed by atoms with van der Waals surface area (Å²) in [4.78, 5) is 0. The Morgan fingerprint density at radius 3 is 1.88 bits per heavy atom. The van der Waals surface area contributed by atoms with Gasteiger partial charge in [0.15, 0.2) is 12.6 Å². The van der Waals surface area contributed by atoms with Crippen molar-refractivity contribution in [2.75, 3.05) is 26.4 Å². The second-order valence-corrected chi connectivity index (χ2v) is 10.2. The summed E-state index contributed by atoms with van der Waals surface area (Å²) in [5.74, 6) is 5.01. The van der Waals surface area contributed by atoms with Crippen molar-refractivity contribution in [3.63, 3.8) is 0 Å². The molecule has 0 aromatic heterocycles. The second-order valence-electron chi connectivity index (χ2n) is 10.2. The summed E-state index contributed by atoms with van der Waals surface area (Å²) in [7, 11) is 0. The molecular weight excluding hydrogens is 400 g/mol. The summed E-state index contributed by atoms with van der Waals surface area (Å²) in [6.45, 7) is 15.6. The van der Waals surface area contributed by atoms with Gasteiger partial charge in [0.05, 0.1) is 13.2 Å². The Hall–Kier alpha value is -0.680. The zero-order valence-electron chi connectivity index (χ0n) is 21.5. The summed E-state index contributed by atoms with van der Waals surface area (Å²) in [6, 6.07) is 0. The first-order valence-corrected chi connectivity index (χ1v) is 13.2. The van der Waals surface area contributed by atoms with Gasteiger partial charge in [0, 0.05) is 13.2 Å². The molecular formula is C28H48O4. The molecule has 0 heterocycles. The SMILES string of the molecule is CC=C1CC2CC(COC(C)OCC)C1C2.CC=C1CC2CC1CC2COC(C)OCC. The van der Waals surface area contributed by atoms with Crippen LogP contribution in [-0.4, -0.2) is 39.0 Å². The molecule has 0 N–H and O–H groups in total. The van der Waals surface area contributed by atoms with Gasteiger partial charge in [0.2, 0.25) is 0 Å². The van der Waals surface area contributed by atoms with Gasteiger partial charge in [0.25, 0.3) is 0 Å². The number of hydrogen-bond donors (Lipinski definition) is 0. The highest BCUT2D eigenvalue weighted by Gasteiger charge is 2.43. The van der Waals surface area contributed by atoms with Crippen LogP contribution in [0.1, 0.15) is 80.1 Å². The zero-order valence-corrected chi connectivity index (χ0v) is 21.5. The summed E-state index contributed by atoms with van der Waals surface area (Å²) >= 11 is 0. The topological polar surface area (TPSA) is 36.9 Å². The number of allylic oxidation sites excluding steroid dienone is 4. The van der Waals surface area contributed by atoms with Crippen molar-refractivity contribution in [3.05, 3.63) is 23.3 Å². The maximum absolute atomic E-state index is 5.76. The van der Waals surface area contributed by atoms with Gasteiger partial charge in [-0.05, 0) is 116 Å². The minimum Gasteiger partial charge on any atom is -0.353 e. The van der Waals surface area contributed by atoms with Crippen molar-refractivity contribution < 1.29 is 18.9 Å². The van der Waals surface area contributed by atoms with E-state index in [1.165, 1.54) is 38.5 Å². The second kappa shape index (κ2) is 12.7. The molecule has 4 aliphatic carbocycles. The van der Waals surface area contributed by atoms with Crippen molar-refractivity contribution >= 4 is 0 Å². The summed E-state index contributed by atoms with van der Waals surface area (Å²) in [6.07, 6.45) is 12.7. The van der Waals surface area contributed by atoms with Gasteiger partial charge in [-0.2, -0.15) is 0 Å². The van der Waals surface area contributed by atoms with Crippen molar-refractivity contribution in [3.8, 4) is 0 Å². The molecule has 4 saturated carbocycles. The summed E-state index contributed by atoms with van der Waals surface area (Å²) in [5.41, 5.74) is 3.37. The van der Waals surface area contributed by atoms with Gasteiger partial charge >= 0.3 is 0 Å². The predicted molar refractivity (Wildman–Crippen MR) is 130 cm³/mol. The largest absolute Gasteiger partial charge is 0.353 e. The lowest BCUT2D eigenvalue weighted by Crippen LogP contribution is -2.23. The number of ether oxygens (including phenoxy) is 4. The fourth-order valence-electron chi connectivity index (χ4n) is 6.74. The van der Waals surface area contributed by atoms with E-state index in [1.54, 1.807) is 11.1 Å². The van der Waals surface area contributed by atoms with E-state index in [2.05, 4.69) is 26.0 Å². The Bertz CT molecular complexity index is 627. The molecule has 0 aromatic carbocycles. The van der Waals surface area contributed by atoms with E-state index in [4.69, 9.17) is 18.9 Å². The molecule has 32 heavy (non-hydrogen) atoms. The summed E-state index contributed by atoms with van der Waals surface area (Å²) < 4.78 is 22.3. The van der Waals surface area contributed by atoms with E-state index in [0.717, 1.165) is 61.9 Å². The molecule has 4 rings (SSSR count). The third-order valence-electron chi connectivity index (χ3n) is 8.29. The van der Waals surface area contributed by atoms with Crippen LogP contribution in [0.5, 0.6) is 0 Å². The summed E-state index contributed by atoms with van der Waals surface area (Å²) in [5, 5.41) is 0. The molecule has 0 saturated heterocycles. The maximum atomic E-state index is 5.76. The van der Waals surface area contributed by atoms with Crippen LogP contribution in [0.4, 0.5) is 0 Å². The van der Waals surface area contributed by atoms with E-state index in [1.807, 2.05) is 27.7 Å². The molecule has 4 nitrogen and oxygen atoms in total. The van der Waals surface area contributed by atoms with E-state index >= 15 is 0 Å². The van der Waals surface area contributed by atoms with E-state index in [-0.39, 0.29) is 12.6 Å². The van der Waals surface area contributed by atoms with Crippen molar-refractivity contribution in [2.24, 2.45) is 35.5 Å². The average Bonchev–Trinajstić information content (AvgIpc) is 3.56. The van der Waals surface area contributed by atoms with Crippen LogP contribution < -0.4 is 0 Å². The Morgan fingerprint density at radius 1 is 0.750 bits per heavy atom. The molecule has 4 fully saturated rings. The third-order valence-corrected chi connectivity index (χ3v) is 8.29. The van der Waals surface area contributed by atoms with Gasteiger partial charge in [-0.15, -0.1) is 0 Å². The van der Waals surface area contributed by atoms with Gasteiger partial charge in [-0.25, -0.2) is 0 Å². The van der Waals surface area contributed by atoms with Crippen LogP contribution in [-0.2, 0) is 18.9 Å². The van der Waals surface area contributed by atoms with Gasteiger partial charge in [-0.1, -0.05) is 23.3 Å². The third kappa shape index (κ3) is 6.68. The van der Waals surface area contributed by atoms with Crippen LogP contribution >= 0.6 is 0 Å². The Balaban J connectivity index is 0.000000181. The van der Waals surface area contributed by atoms with Crippen LogP contribution in [0.3, 0.4) is 0 Å². The monoisotopic (exact) mass is 448 g/mol. The standard InChI is InChI=1S/2C14H24O2/c1-4-12-6-11-7-13(14(12)8-11)9-16-10(3)15-5-2;1-4-11-6-13-7-12(11)8-14(13)9-16-10(3)15-5-2/h4,10-11,13-14H,5-9H2,1-3H3;4,10,12-14H,5-9H2,1-3H3. The quantitative estimate of drug-likeness (QED) is 0.273. The highest BCUT2D eigenvalue weighted by Crippen LogP contribution is 2.52. The average molecular weight is 449 g/mol.